The second kappa shape index (κ2) is 6.95. The van der Waals surface area contributed by atoms with Gasteiger partial charge in [0.25, 0.3) is 0 Å². The lowest BCUT2D eigenvalue weighted by Gasteiger charge is -2.18. The SMILES string of the molecule is CCN(CC)CCOC(C)S. The topological polar surface area (TPSA) is 12.5 Å². The van der Waals surface area contributed by atoms with Gasteiger partial charge in [0.2, 0.25) is 0 Å². The van der Waals surface area contributed by atoms with Crippen LogP contribution in [0.1, 0.15) is 20.8 Å². The van der Waals surface area contributed by atoms with Gasteiger partial charge in [-0.1, -0.05) is 13.8 Å². The zero-order valence-electron chi connectivity index (χ0n) is 7.71. The Kier molecular flexibility index (Phi) is 7.12. The lowest BCUT2D eigenvalue weighted by molar-refractivity contribution is 0.0995. The Balaban J connectivity index is 3.21. The van der Waals surface area contributed by atoms with Crippen molar-refractivity contribution >= 4 is 12.6 Å². The molecule has 0 radical (unpaired) electrons. The second-order valence-electron chi connectivity index (χ2n) is 2.50. The van der Waals surface area contributed by atoms with E-state index in [4.69, 9.17) is 4.74 Å². The van der Waals surface area contributed by atoms with Crippen LogP contribution in [0.25, 0.3) is 0 Å². The van der Waals surface area contributed by atoms with E-state index in [-0.39, 0.29) is 5.44 Å². The van der Waals surface area contributed by atoms with E-state index in [0.29, 0.717) is 0 Å². The van der Waals surface area contributed by atoms with Crippen LogP contribution in [0, 0.1) is 0 Å². The third kappa shape index (κ3) is 6.66. The van der Waals surface area contributed by atoms with Crippen molar-refractivity contribution in [2.24, 2.45) is 0 Å². The molecule has 0 aromatic carbocycles. The number of nitrogens with zero attached hydrogens (tertiary/aromatic N) is 1. The van der Waals surface area contributed by atoms with E-state index in [1.165, 1.54) is 0 Å². The van der Waals surface area contributed by atoms with Gasteiger partial charge >= 0.3 is 0 Å². The maximum absolute atomic E-state index is 5.30. The fourth-order valence-corrected chi connectivity index (χ4v) is 0.998. The highest BCUT2D eigenvalue weighted by molar-refractivity contribution is 7.80. The molecule has 0 aromatic heterocycles. The summed E-state index contributed by atoms with van der Waals surface area (Å²) in [5.41, 5.74) is 0.0607. The molecule has 11 heavy (non-hydrogen) atoms. The Bertz CT molecular complexity index is 84.2. The molecule has 0 aliphatic carbocycles. The fraction of sp³-hybridized carbons (Fsp3) is 1.00. The van der Waals surface area contributed by atoms with Crippen LogP contribution in [-0.4, -0.2) is 36.6 Å². The molecule has 2 nitrogen and oxygen atoms in total. The van der Waals surface area contributed by atoms with E-state index in [9.17, 15) is 0 Å². The number of hydrogen-bond acceptors (Lipinski definition) is 3. The highest BCUT2D eigenvalue weighted by atomic mass is 32.1. The summed E-state index contributed by atoms with van der Waals surface area (Å²) in [6.45, 7) is 10.2. The number of ether oxygens (including phenoxy) is 1. The highest BCUT2D eigenvalue weighted by Gasteiger charge is 1.99. The minimum Gasteiger partial charge on any atom is -0.367 e. The Morgan fingerprint density at radius 2 is 1.91 bits per heavy atom. The van der Waals surface area contributed by atoms with E-state index in [1.54, 1.807) is 0 Å². The minimum atomic E-state index is 0.0607. The van der Waals surface area contributed by atoms with Crippen molar-refractivity contribution < 1.29 is 4.74 Å². The summed E-state index contributed by atoms with van der Waals surface area (Å²) in [5.74, 6) is 0. The molecule has 1 atom stereocenters. The molecule has 0 bridgehead atoms. The molecule has 0 saturated heterocycles. The third-order valence-corrected chi connectivity index (χ3v) is 1.81. The molecule has 0 fully saturated rings. The van der Waals surface area contributed by atoms with Crippen molar-refractivity contribution in [1.82, 2.24) is 4.90 Å². The molecule has 0 spiro atoms. The predicted molar refractivity (Wildman–Crippen MR) is 52.2 cm³/mol. The fourth-order valence-electron chi connectivity index (χ4n) is 0.892. The molecule has 0 saturated carbocycles. The molecular weight excluding hydrogens is 158 g/mol. The summed E-state index contributed by atoms with van der Waals surface area (Å²) in [4.78, 5) is 2.33. The first-order valence-corrected chi connectivity index (χ1v) is 4.74. The lowest BCUT2D eigenvalue weighted by Crippen LogP contribution is -2.27. The van der Waals surface area contributed by atoms with Crippen LogP contribution in [0.3, 0.4) is 0 Å². The smallest absolute Gasteiger partial charge is 0.0972 e. The summed E-state index contributed by atoms with van der Waals surface area (Å²) >= 11 is 4.12. The van der Waals surface area contributed by atoms with Crippen LogP contribution >= 0.6 is 12.6 Å². The number of likely N-dealkylation sites (N-methyl/N-ethyl adjacent to an activating group) is 1. The van der Waals surface area contributed by atoms with Gasteiger partial charge in [-0.3, -0.25) is 0 Å². The zero-order valence-corrected chi connectivity index (χ0v) is 8.60. The number of rotatable bonds is 6. The van der Waals surface area contributed by atoms with Crippen molar-refractivity contribution in [3.63, 3.8) is 0 Å². The first kappa shape index (κ1) is 11.3. The van der Waals surface area contributed by atoms with E-state index < -0.39 is 0 Å². The van der Waals surface area contributed by atoms with Gasteiger partial charge in [-0.2, -0.15) is 0 Å². The van der Waals surface area contributed by atoms with Crippen LogP contribution in [0.15, 0.2) is 0 Å². The average Bonchev–Trinajstić information content (AvgIpc) is 1.98. The molecule has 0 amide bonds. The van der Waals surface area contributed by atoms with Gasteiger partial charge < -0.3 is 9.64 Å². The van der Waals surface area contributed by atoms with E-state index in [1.807, 2.05) is 6.92 Å². The summed E-state index contributed by atoms with van der Waals surface area (Å²) in [7, 11) is 0. The number of hydrogen-bond donors (Lipinski definition) is 1. The standard InChI is InChI=1S/C8H19NOS/c1-4-9(5-2)6-7-10-8(3)11/h8,11H,4-7H2,1-3H3. The Morgan fingerprint density at radius 1 is 1.36 bits per heavy atom. The summed E-state index contributed by atoms with van der Waals surface area (Å²) in [6, 6.07) is 0. The summed E-state index contributed by atoms with van der Waals surface area (Å²) < 4.78 is 5.30. The van der Waals surface area contributed by atoms with Gasteiger partial charge in [0.15, 0.2) is 0 Å². The van der Waals surface area contributed by atoms with Crippen molar-refractivity contribution in [3.05, 3.63) is 0 Å². The third-order valence-electron chi connectivity index (χ3n) is 1.66. The maximum Gasteiger partial charge on any atom is 0.0972 e. The van der Waals surface area contributed by atoms with Crippen molar-refractivity contribution in [3.8, 4) is 0 Å². The predicted octanol–water partition coefficient (Wildman–Crippen LogP) is 1.62. The van der Waals surface area contributed by atoms with Gasteiger partial charge in [0.05, 0.1) is 12.0 Å². The van der Waals surface area contributed by atoms with Crippen molar-refractivity contribution in [2.75, 3.05) is 26.2 Å². The van der Waals surface area contributed by atoms with E-state index in [2.05, 4.69) is 31.4 Å². The van der Waals surface area contributed by atoms with Gasteiger partial charge in [-0.15, -0.1) is 12.6 Å². The minimum absolute atomic E-state index is 0.0607. The van der Waals surface area contributed by atoms with E-state index >= 15 is 0 Å². The largest absolute Gasteiger partial charge is 0.367 e. The first-order chi connectivity index (χ1) is 5.20. The van der Waals surface area contributed by atoms with Gasteiger partial charge in [-0.25, -0.2) is 0 Å². The van der Waals surface area contributed by atoms with Crippen LogP contribution < -0.4 is 0 Å². The van der Waals surface area contributed by atoms with Crippen LogP contribution in [-0.2, 0) is 4.74 Å². The first-order valence-electron chi connectivity index (χ1n) is 4.22. The molecule has 0 aromatic rings. The van der Waals surface area contributed by atoms with Crippen molar-refractivity contribution in [1.29, 1.82) is 0 Å². The highest BCUT2D eigenvalue weighted by Crippen LogP contribution is 1.95. The van der Waals surface area contributed by atoms with Crippen molar-refractivity contribution in [2.45, 2.75) is 26.2 Å². The Morgan fingerprint density at radius 3 is 2.27 bits per heavy atom. The second-order valence-corrected chi connectivity index (χ2v) is 3.22. The summed E-state index contributed by atoms with van der Waals surface area (Å²) in [5, 5.41) is 0. The molecule has 0 rings (SSSR count). The van der Waals surface area contributed by atoms with Crippen LogP contribution in [0.2, 0.25) is 0 Å². The van der Waals surface area contributed by atoms with Gasteiger partial charge in [0, 0.05) is 6.54 Å². The lowest BCUT2D eigenvalue weighted by atomic mass is 10.5. The molecular formula is C8H19NOS. The molecule has 0 aliphatic heterocycles. The normalized spacial score (nSPS) is 13.9. The molecule has 0 aliphatic rings. The average molecular weight is 177 g/mol. The van der Waals surface area contributed by atoms with E-state index in [0.717, 1.165) is 26.2 Å². The Labute approximate surface area is 75.3 Å². The zero-order chi connectivity index (χ0) is 8.69. The molecule has 3 heteroatoms. The quantitative estimate of drug-likeness (QED) is 0.489. The Hall–Kier alpha value is 0.270. The molecule has 0 heterocycles. The summed E-state index contributed by atoms with van der Waals surface area (Å²) in [6.07, 6.45) is 0. The number of thiol groups is 1. The molecule has 68 valence electrons. The van der Waals surface area contributed by atoms with Gasteiger partial charge in [0.1, 0.15) is 0 Å². The maximum atomic E-state index is 5.30. The van der Waals surface area contributed by atoms with Crippen LogP contribution in [0.4, 0.5) is 0 Å². The van der Waals surface area contributed by atoms with Crippen LogP contribution in [0.5, 0.6) is 0 Å². The van der Waals surface area contributed by atoms with Gasteiger partial charge in [-0.05, 0) is 20.0 Å². The monoisotopic (exact) mass is 177 g/mol. The molecule has 1 unspecified atom stereocenters. The molecule has 0 N–H and O–H groups in total.